The molecule has 1 aromatic heterocycles. The highest BCUT2D eigenvalue weighted by molar-refractivity contribution is 5.79. The molecular weight excluding hydrogens is 294 g/mol. The van der Waals surface area contributed by atoms with Crippen molar-refractivity contribution in [1.82, 2.24) is 10.6 Å². The van der Waals surface area contributed by atoms with E-state index < -0.39 is 0 Å². The van der Waals surface area contributed by atoms with Gasteiger partial charge in [0.05, 0.1) is 19.0 Å². The van der Waals surface area contributed by atoms with Crippen molar-refractivity contribution < 1.29 is 13.9 Å². The zero-order chi connectivity index (χ0) is 16.2. The monoisotopic (exact) mass is 323 g/mol. The number of furan rings is 1. The highest BCUT2D eigenvalue weighted by Crippen LogP contribution is 2.15. The molecule has 2 rings (SSSR count). The number of nitrogens with one attached hydrogen (secondary N) is 2. The predicted molar refractivity (Wildman–Crippen MR) is 90.8 cm³/mol. The minimum absolute atomic E-state index is 0.371. The molecule has 0 bridgehead atoms. The molecule has 0 amide bonds. The number of hydrogen-bond acceptors (Lipinski definition) is 4. The van der Waals surface area contributed by atoms with Crippen LogP contribution >= 0.6 is 0 Å². The maximum atomic E-state index is 5.75. The van der Waals surface area contributed by atoms with Gasteiger partial charge >= 0.3 is 0 Å². The van der Waals surface area contributed by atoms with E-state index in [1.165, 1.54) is 12.8 Å². The summed E-state index contributed by atoms with van der Waals surface area (Å²) in [5, 5.41) is 6.62. The van der Waals surface area contributed by atoms with Gasteiger partial charge in [0, 0.05) is 39.8 Å². The van der Waals surface area contributed by atoms with Crippen LogP contribution in [0.25, 0.3) is 0 Å². The van der Waals surface area contributed by atoms with Crippen molar-refractivity contribution in [2.24, 2.45) is 4.99 Å². The molecule has 2 N–H and O–H groups in total. The third-order valence-corrected chi connectivity index (χ3v) is 3.84. The van der Waals surface area contributed by atoms with Crippen LogP contribution in [-0.4, -0.2) is 52.0 Å². The number of hydrogen-bond donors (Lipinski definition) is 2. The van der Waals surface area contributed by atoms with E-state index in [0.29, 0.717) is 12.7 Å². The van der Waals surface area contributed by atoms with Crippen LogP contribution in [0, 0.1) is 0 Å². The first-order valence-corrected chi connectivity index (χ1v) is 8.53. The first-order chi connectivity index (χ1) is 11.4. The standard InChI is InChI=1S/C17H29N3O3/c1-21-14-11-20-17(19-10-8-16-6-4-13-23-16)18-9-7-15-5-2-3-12-22-15/h4,6,13,15H,2-3,5,7-12,14H2,1H3,(H2,18,19,20). The van der Waals surface area contributed by atoms with Crippen LogP contribution in [0.2, 0.25) is 0 Å². The topological polar surface area (TPSA) is 68.0 Å². The van der Waals surface area contributed by atoms with Gasteiger partial charge in [-0.3, -0.25) is 4.99 Å². The Morgan fingerprint density at radius 1 is 1.35 bits per heavy atom. The molecule has 0 aromatic carbocycles. The van der Waals surface area contributed by atoms with Crippen molar-refractivity contribution >= 4 is 5.96 Å². The smallest absolute Gasteiger partial charge is 0.191 e. The van der Waals surface area contributed by atoms with Crippen molar-refractivity contribution in [2.75, 3.05) is 40.0 Å². The van der Waals surface area contributed by atoms with Crippen LogP contribution < -0.4 is 10.6 Å². The molecule has 6 heteroatoms. The molecule has 0 aliphatic carbocycles. The third kappa shape index (κ3) is 7.52. The molecule has 1 unspecified atom stereocenters. The Bertz CT molecular complexity index is 428. The fraction of sp³-hybridized carbons (Fsp3) is 0.706. The minimum atomic E-state index is 0.371. The van der Waals surface area contributed by atoms with E-state index in [1.807, 2.05) is 12.1 Å². The number of nitrogens with zero attached hydrogens (tertiary/aromatic N) is 1. The molecule has 0 spiro atoms. The van der Waals surface area contributed by atoms with Crippen LogP contribution in [0.4, 0.5) is 0 Å². The molecule has 1 atom stereocenters. The van der Waals surface area contributed by atoms with Crippen molar-refractivity contribution in [1.29, 1.82) is 0 Å². The molecule has 1 aliphatic rings. The van der Waals surface area contributed by atoms with E-state index in [9.17, 15) is 0 Å². The molecule has 2 heterocycles. The predicted octanol–water partition coefficient (Wildman–Crippen LogP) is 1.96. The average molecular weight is 323 g/mol. The molecule has 130 valence electrons. The van der Waals surface area contributed by atoms with Gasteiger partial charge in [0.1, 0.15) is 5.76 Å². The van der Waals surface area contributed by atoms with Gasteiger partial charge in [-0.05, 0) is 37.8 Å². The molecule has 1 fully saturated rings. The van der Waals surface area contributed by atoms with Gasteiger partial charge in [-0.15, -0.1) is 0 Å². The molecule has 1 aliphatic heterocycles. The number of ether oxygens (including phenoxy) is 2. The van der Waals surface area contributed by atoms with Gasteiger partial charge in [-0.25, -0.2) is 0 Å². The summed E-state index contributed by atoms with van der Waals surface area (Å²) in [7, 11) is 1.70. The zero-order valence-electron chi connectivity index (χ0n) is 14.1. The summed E-state index contributed by atoms with van der Waals surface area (Å²) in [5.41, 5.74) is 0. The van der Waals surface area contributed by atoms with E-state index in [0.717, 1.165) is 57.2 Å². The summed E-state index contributed by atoms with van der Waals surface area (Å²) in [6, 6.07) is 3.89. The Balaban J connectivity index is 1.71. The molecule has 6 nitrogen and oxygen atoms in total. The van der Waals surface area contributed by atoms with Crippen LogP contribution in [-0.2, 0) is 15.9 Å². The maximum absolute atomic E-state index is 5.75. The highest BCUT2D eigenvalue weighted by atomic mass is 16.5. The summed E-state index contributed by atoms with van der Waals surface area (Å²) >= 11 is 0. The lowest BCUT2D eigenvalue weighted by Gasteiger charge is -2.21. The van der Waals surface area contributed by atoms with Gasteiger partial charge in [0.15, 0.2) is 5.96 Å². The summed E-state index contributed by atoms with van der Waals surface area (Å²) < 4.78 is 16.2. The van der Waals surface area contributed by atoms with Crippen molar-refractivity contribution in [3.8, 4) is 0 Å². The van der Waals surface area contributed by atoms with Crippen LogP contribution in [0.5, 0.6) is 0 Å². The van der Waals surface area contributed by atoms with E-state index in [1.54, 1.807) is 13.4 Å². The van der Waals surface area contributed by atoms with Crippen molar-refractivity contribution in [2.45, 2.75) is 38.2 Å². The second-order valence-corrected chi connectivity index (χ2v) is 5.68. The SMILES string of the molecule is COCCNC(=NCCC1CCCCO1)NCCc1ccco1. The zero-order valence-corrected chi connectivity index (χ0v) is 14.1. The second kappa shape index (κ2) is 11.1. The Kier molecular flexibility index (Phi) is 8.58. The second-order valence-electron chi connectivity index (χ2n) is 5.68. The molecule has 1 aromatic rings. The number of aliphatic imine (C=N–C) groups is 1. The lowest BCUT2D eigenvalue weighted by Crippen LogP contribution is -2.40. The van der Waals surface area contributed by atoms with E-state index >= 15 is 0 Å². The van der Waals surface area contributed by atoms with Crippen molar-refractivity contribution in [3.63, 3.8) is 0 Å². The molecular formula is C17H29N3O3. The normalized spacial score (nSPS) is 18.8. The molecule has 0 radical (unpaired) electrons. The Morgan fingerprint density at radius 3 is 3.00 bits per heavy atom. The lowest BCUT2D eigenvalue weighted by atomic mass is 10.1. The minimum Gasteiger partial charge on any atom is -0.469 e. The van der Waals surface area contributed by atoms with Gasteiger partial charge in [0.2, 0.25) is 0 Å². The highest BCUT2D eigenvalue weighted by Gasteiger charge is 2.13. The third-order valence-electron chi connectivity index (χ3n) is 3.84. The van der Waals surface area contributed by atoms with E-state index in [-0.39, 0.29) is 0 Å². The average Bonchev–Trinajstić information content (AvgIpc) is 3.09. The largest absolute Gasteiger partial charge is 0.469 e. The Hall–Kier alpha value is -1.53. The first-order valence-electron chi connectivity index (χ1n) is 8.53. The van der Waals surface area contributed by atoms with Crippen LogP contribution in [0.3, 0.4) is 0 Å². The molecule has 1 saturated heterocycles. The number of methoxy groups -OCH3 is 1. The van der Waals surface area contributed by atoms with Crippen molar-refractivity contribution in [3.05, 3.63) is 24.2 Å². The number of rotatable bonds is 9. The summed E-state index contributed by atoms with van der Waals surface area (Å²) in [5.74, 6) is 1.80. The maximum Gasteiger partial charge on any atom is 0.191 e. The fourth-order valence-electron chi connectivity index (χ4n) is 2.56. The van der Waals surface area contributed by atoms with Crippen LogP contribution in [0.1, 0.15) is 31.4 Å². The van der Waals surface area contributed by atoms with Gasteiger partial charge in [0.25, 0.3) is 0 Å². The van der Waals surface area contributed by atoms with Crippen LogP contribution in [0.15, 0.2) is 27.8 Å². The molecule has 23 heavy (non-hydrogen) atoms. The van der Waals surface area contributed by atoms with E-state index in [4.69, 9.17) is 13.9 Å². The Labute approximate surface area is 138 Å². The first kappa shape index (κ1) is 17.8. The van der Waals surface area contributed by atoms with Gasteiger partial charge in [-0.2, -0.15) is 0 Å². The van der Waals surface area contributed by atoms with E-state index in [2.05, 4.69) is 15.6 Å². The summed E-state index contributed by atoms with van der Waals surface area (Å²) in [6.45, 7) is 3.85. The summed E-state index contributed by atoms with van der Waals surface area (Å²) in [6.07, 6.45) is 7.51. The lowest BCUT2D eigenvalue weighted by molar-refractivity contribution is 0.0129. The molecule has 0 saturated carbocycles. The fourth-order valence-corrected chi connectivity index (χ4v) is 2.56. The van der Waals surface area contributed by atoms with Gasteiger partial charge < -0.3 is 24.5 Å². The van der Waals surface area contributed by atoms with Gasteiger partial charge in [-0.1, -0.05) is 0 Å². The summed E-state index contributed by atoms with van der Waals surface area (Å²) in [4.78, 5) is 4.64. The Morgan fingerprint density at radius 2 is 2.26 bits per heavy atom. The quantitative estimate of drug-likeness (QED) is 0.413. The number of guanidine groups is 1.